The van der Waals surface area contributed by atoms with Crippen LogP contribution in [0.25, 0.3) is 0 Å². The van der Waals surface area contributed by atoms with Crippen LogP contribution in [-0.2, 0) is 4.57 Å². The van der Waals surface area contributed by atoms with Gasteiger partial charge >= 0.3 is 0 Å². The van der Waals surface area contributed by atoms with Crippen molar-refractivity contribution in [2.75, 3.05) is 0 Å². The van der Waals surface area contributed by atoms with Gasteiger partial charge in [-0.25, -0.2) is 0 Å². The Bertz CT molecular complexity index is 395. The van der Waals surface area contributed by atoms with Crippen molar-refractivity contribution in [2.45, 2.75) is 6.92 Å². The molecule has 0 aliphatic heterocycles. The zero-order chi connectivity index (χ0) is 10.6. The maximum atomic E-state index is 12.1. The molecule has 1 aromatic rings. The van der Waals surface area contributed by atoms with Crippen molar-refractivity contribution in [1.82, 2.24) is 0 Å². The van der Waals surface area contributed by atoms with E-state index >= 15 is 0 Å². The third-order valence-electron chi connectivity index (χ3n) is 1.93. The van der Waals surface area contributed by atoms with Gasteiger partial charge in [-0.2, -0.15) is 0 Å². The molecule has 2 N–H and O–H groups in total. The monoisotopic (exact) mass is 207 g/mol. The lowest BCUT2D eigenvalue weighted by atomic mass is 10.4. The second-order valence-electron chi connectivity index (χ2n) is 2.98. The number of rotatable bonds is 3. The highest BCUT2D eigenvalue weighted by Crippen LogP contribution is 2.44. The minimum absolute atomic E-state index is 0.478. The lowest BCUT2D eigenvalue weighted by Crippen LogP contribution is -2.11. The van der Waals surface area contributed by atoms with E-state index in [0.29, 0.717) is 10.6 Å². The summed E-state index contributed by atoms with van der Waals surface area (Å²) in [5.74, 6) is 0. The molecule has 0 aliphatic rings. The van der Waals surface area contributed by atoms with Crippen molar-refractivity contribution in [3.8, 4) is 0 Å². The molecule has 0 fully saturated rings. The molecule has 3 heteroatoms. The number of benzene rings is 1. The van der Waals surface area contributed by atoms with E-state index in [9.17, 15) is 4.57 Å². The first-order valence-corrected chi connectivity index (χ1v) is 6.13. The Morgan fingerprint density at radius 2 is 2.00 bits per heavy atom. The molecular formula is C11H14NOP. The van der Waals surface area contributed by atoms with Gasteiger partial charge in [-0.1, -0.05) is 36.9 Å². The number of hydrogen-bond donors (Lipinski definition) is 1. The van der Waals surface area contributed by atoms with Gasteiger partial charge in [0.15, 0.2) is 0 Å². The van der Waals surface area contributed by atoms with Crippen LogP contribution in [0.3, 0.4) is 0 Å². The molecule has 0 aliphatic carbocycles. The van der Waals surface area contributed by atoms with Crippen molar-refractivity contribution in [3.05, 3.63) is 54.4 Å². The van der Waals surface area contributed by atoms with Gasteiger partial charge in [0.25, 0.3) is 0 Å². The summed E-state index contributed by atoms with van der Waals surface area (Å²) in [6.45, 7) is 5.56. The fourth-order valence-electron chi connectivity index (χ4n) is 1.12. The van der Waals surface area contributed by atoms with Crippen LogP contribution in [0.2, 0.25) is 0 Å². The average molecular weight is 207 g/mol. The molecule has 0 amide bonds. The van der Waals surface area contributed by atoms with Gasteiger partial charge < -0.3 is 0 Å². The molecule has 1 atom stereocenters. The molecule has 74 valence electrons. The molecule has 1 rings (SSSR count). The predicted molar refractivity (Wildman–Crippen MR) is 61.8 cm³/mol. The molecular weight excluding hydrogens is 193 g/mol. The number of nitrogens with two attached hydrogens (primary N) is 1. The van der Waals surface area contributed by atoms with Crippen LogP contribution in [0.4, 0.5) is 0 Å². The molecule has 0 radical (unpaired) electrons. The first kappa shape index (κ1) is 11.0. The van der Waals surface area contributed by atoms with Crippen molar-refractivity contribution in [3.63, 3.8) is 0 Å². The summed E-state index contributed by atoms with van der Waals surface area (Å²) in [5.41, 5.74) is 5.77. The standard InChI is InChI=1S/C11H14NOP/c1-3-7-10(2)14(12,13)11-8-5-4-6-9-11/h3-9H,2H2,1H3,(H2,12,13)/b7-3-. The molecule has 0 bridgehead atoms. The predicted octanol–water partition coefficient (Wildman–Crippen LogP) is 2.64. The second-order valence-corrected chi connectivity index (χ2v) is 5.39. The zero-order valence-corrected chi connectivity index (χ0v) is 9.08. The summed E-state index contributed by atoms with van der Waals surface area (Å²) >= 11 is 0. The fraction of sp³-hybridized carbons (Fsp3) is 0.0909. The second kappa shape index (κ2) is 4.41. The smallest absolute Gasteiger partial charge is 0.201 e. The maximum Gasteiger partial charge on any atom is 0.201 e. The van der Waals surface area contributed by atoms with Crippen LogP contribution in [0, 0.1) is 0 Å². The third kappa shape index (κ3) is 2.22. The summed E-state index contributed by atoms with van der Waals surface area (Å²) in [5, 5.41) is 1.12. The highest BCUT2D eigenvalue weighted by atomic mass is 31.2. The Morgan fingerprint density at radius 1 is 1.43 bits per heavy atom. The quantitative estimate of drug-likeness (QED) is 0.611. The van der Waals surface area contributed by atoms with Crippen LogP contribution in [-0.4, -0.2) is 0 Å². The summed E-state index contributed by atoms with van der Waals surface area (Å²) < 4.78 is 12.1. The number of allylic oxidation sites excluding steroid dienone is 3. The Kier molecular flexibility index (Phi) is 3.45. The minimum atomic E-state index is -2.93. The topological polar surface area (TPSA) is 43.1 Å². The molecule has 0 saturated carbocycles. The largest absolute Gasteiger partial charge is 0.297 e. The molecule has 0 spiro atoms. The molecule has 0 aromatic heterocycles. The van der Waals surface area contributed by atoms with Gasteiger partial charge in [-0.3, -0.25) is 10.1 Å². The van der Waals surface area contributed by atoms with Crippen LogP contribution in [0.1, 0.15) is 6.92 Å². The average Bonchev–Trinajstić information content (AvgIpc) is 2.19. The van der Waals surface area contributed by atoms with Gasteiger partial charge in [-0.05, 0) is 19.1 Å². The van der Waals surface area contributed by atoms with Crippen molar-refractivity contribution in [1.29, 1.82) is 0 Å². The van der Waals surface area contributed by atoms with Crippen molar-refractivity contribution >= 4 is 12.6 Å². The van der Waals surface area contributed by atoms with Crippen LogP contribution in [0.15, 0.2) is 54.4 Å². The molecule has 0 saturated heterocycles. The van der Waals surface area contributed by atoms with Crippen LogP contribution >= 0.6 is 7.29 Å². The van der Waals surface area contributed by atoms with E-state index < -0.39 is 7.29 Å². The van der Waals surface area contributed by atoms with E-state index in [2.05, 4.69) is 6.58 Å². The maximum absolute atomic E-state index is 12.1. The highest BCUT2D eigenvalue weighted by molar-refractivity contribution is 7.73. The molecule has 0 heterocycles. The van der Waals surface area contributed by atoms with E-state index in [1.54, 1.807) is 24.3 Å². The highest BCUT2D eigenvalue weighted by Gasteiger charge is 2.20. The number of hydrogen-bond acceptors (Lipinski definition) is 1. The SMILES string of the molecule is C=C(/C=C\C)P(N)(=O)c1ccccc1. The van der Waals surface area contributed by atoms with Crippen LogP contribution in [0.5, 0.6) is 0 Å². The normalized spacial score (nSPS) is 15.3. The summed E-state index contributed by atoms with van der Waals surface area (Å²) in [6.07, 6.45) is 3.47. The molecule has 2 nitrogen and oxygen atoms in total. The van der Waals surface area contributed by atoms with Crippen molar-refractivity contribution < 1.29 is 4.57 Å². The Labute approximate surface area is 84.6 Å². The Balaban J connectivity index is 3.09. The van der Waals surface area contributed by atoms with Gasteiger partial charge in [0.2, 0.25) is 7.29 Å². The van der Waals surface area contributed by atoms with Crippen molar-refractivity contribution in [2.24, 2.45) is 5.50 Å². The Hall–Kier alpha value is -1.11. The molecule has 1 aromatic carbocycles. The first-order chi connectivity index (χ1) is 6.59. The van der Waals surface area contributed by atoms with Crippen LogP contribution < -0.4 is 10.8 Å². The minimum Gasteiger partial charge on any atom is -0.297 e. The van der Waals surface area contributed by atoms with Gasteiger partial charge in [0.1, 0.15) is 0 Å². The fourth-order valence-corrected chi connectivity index (χ4v) is 2.44. The van der Waals surface area contributed by atoms with E-state index in [1.165, 1.54) is 0 Å². The van der Waals surface area contributed by atoms with E-state index in [-0.39, 0.29) is 0 Å². The molecule has 14 heavy (non-hydrogen) atoms. The lowest BCUT2D eigenvalue weighted by molar-refractivity contribution is 0.586. The van der Waals surface area contributed by atoms with Gasteiger partial charge in [0.05, 0.1) is 0 Å². The zero-order valence-electron chi connectivity index (χ0n) is 8.18. The van der Waals surface area contributed by atoms with E-state index in [4.69, 9.17) is 5.50 Å². The van der Waals surface area contributed by atoms with E-state index in [1.807, 2.05) is 25.1 Å². The van der Waals surface area contributed by atoms with Gasteiger partial charge in [0, 0.05) is 10.6 Å². The van der Waals surface area contributed by atoms with Gasteiger partial charge in [-0.15, -0.1) is 0 Å². The molecule has 1 unspecified atom stereocenters. The lowest BCUT2D eigenvalue weighted by Gasteiger charge is -2.12. The van der Waals surface area contributed by atoms with E-state index in [0.717, 1.165) is 0 Å². The summed E-state index contributed by atoms with van der Waals surface area (Å²) in [6, 6.07) is 9.02. The Morgan fingerprint density at radius 3 is 2.50 bits per heavy atom. The summed E-state index contributed by atoms with van der Waals surface area (Å²) in [7, 11) is -2.93. The summed E-state index contributed by atoms with van der Waals surface area (Å²) in [4.78, 5) is 0. The first-order valence-electron chi connectivity index (χ1n) is 4.35. The third-order valence-corrected chi connectivity index (χ3v) is 3.99.